The van der Waals surface area contributed by atoms with E-state index in [0.717, 1.165) is 25.2 Å². The Kier molecular flexibility index (Phi) is 2.32. The maximum atomic E-state index is 12.0. The molecule has 0 bridgehead atoms. The molecule has 2 rings (SSSR count). The molecule has 1 unspecified atom stereocenters. The second-order valence-corrected chi connectivity index (χ2v) is 3.84. The zero-order valence-electron chi connectivity index (χ0n) is 8.73. The number of hydrogen-bond donors (Lipinski definition) is 0. The molecule has 0 saturated carbocycles. The van der Waals surface area contributed by atoms with Crippen LogP contribution in [0.5, 0.6) is 0 Å². The highest BCUT2D eigenvalue weighted by Crippen LogP contribution is 2.16. The Morgan fingerprint density at radius 3 is 3.00 bits per heavy atom. The Morgan fingerprint density at radius 2 is 2.29 bits per heavy atom. The minimum Gasteiger partial charge on any atom is -0.342 e. The number of hydrogen-bond acceptors (Lipinski definition) is 1. The van der Waals surface area contributed by atoms with Gasteiger partial charge in [-0.15, -0.1) is 0 Å². The number of fused-ring (bicyclic) bond motifs is 1. The minimum atomic E-state index is 0.176. The summed E-state index contributed by atoms with van der Waals surface area (Å²) in [6, 6.07) is 4.19. The standard InChI is InChI=1S/C11H16N2O/c1-3-9(2)13-8-7-12-6-4-5-10(12)11(13)14/h4-6,9H,3,7-8H2,1-2H3. The molecule has 0 spiro atoms. The van der Waals surface area contributed by atoms with Crippen LogP contribution in [0.1, 0.15) is 30.8 Å². The average molecular weight is 192 g/mol. The van der Waals surface area contributed by atoms with Crippen molar-refractivity contribution >= 4 is 5.91 Å². The van der Waals surface area contributed by atoms with Crippen molar-refractivity contribution in [2.24, 2.45) is 0 Å². The lowest BCUT2D eigenvalue weighted by Gasteiger charge is -2.32. The van der Waals surface area contributed by atoms with Crippen LogP contribution < -0.4 is 0 Å². The predicted molar refractivity (Wildman–Crippen MR) is 55.2 cm³/mol. The summed E-state index contributed by atoms with van der Waals surface area (Å²) in [4.78, 5) is 14.0. The Balaban J connectivity index is 2.25. The molecule has 0 aromatic carbocycles. The lowest BCUT2D eigenvalue weighted by Crippen LogP contribution is -2.44. The fourth-order valence-electron chi connectivity index (χ4n) is 1.91. The van der Waals surface area contributed by atoms with Crippen molar-refractivity contribution in [3.63, 3.8) is 0 Å². The molecule has 0 saturated heterocycles. The number of aromatic nitrogens is 1. The van der Waals surface area contributed by atoms with Crippen molar-refractivity contribution in [3.8, 4) is 0 Å². The molecule has 3 heteroatoms. The Hall–Kier alpha value is -1.25. The van der Waals surface area contributed by atoms with Crippen LogP contribution in [0.4, 0.5) is 0 Å². The number of amides is 1. The summed E-state index contributed by atoms with van der Waals surface area (Å²) in [5, 5.41) is 0. The van der Waals surface area contributed by atoms with Gasteiger partial charge in [0.15, 0.2) is 0 Å². The zero-order chi connectivity index (χ0) is 10.1. The molecule has 1 aliphatic heterocycles. The van der Waals surface area contributed by atoms with Gasteiger partial charge >= 0.3 is 0 Å². The van der Waals surface area contributed by atoms with Gasteiger partial charge in [-0.1, -0.05) is 6.92 Å². The maximum Gasteiger partial charge on any atom is 0.270 e. The fraction of sp³-hybridized carbons (Fsp3) is 0.545. The summed E-state index contributed by atoms with van der Waals surface area (Å²) < 4.78 is 2.03. The monoisotopic (exact) mass is 192 g/mol. The number of nitrogens with zero attached hydrogens (tertiary/aromatic N) is 2. The van der Waals surface area contributed by atoms with E-state index >= 15 is 0 Å². The van der Waals surface area contributed by atoms with E-state index in [1.807, 2.05) is 27.8 Å². The van der Waals surface area contributed by atoms with Crippen molar-refractivity contribution in [2.75, 3.05) is 6.54 Å². The van der Waals surface area contributed by atoms with Gasteiger partial charge in [-0.25, -0.2) is 0 Å². The molecule has 1 aromatic rings. The first-order valence-corrected chi connectivity index (χ1v) is 5.20. The summed E-state index contributed by atoms with van der Waals surface area (Å²) in [6.45, 7) is 6.00. The molecule has 0 N–H and O–H groups in total. The van der Waals surface area contributed by atoms with Crippen molar-refractivity contribution in [1.82, 2.24) is 9.47 Å². The van der Waals surface area contributed by atoms with E-state index in [1.54, 1.807) is 0 Å². The third-order valence-corrected chi connectivity index (χ3v) is 3.01. The van der Waals surface area contributed by atoms with Crippen molar-refractivity contribution < 1.29 is 4.79 Å². The second-order valence-electron chi connectivity index (χ2n) is 3.84. The predicted octanol–water partition coefficient (Wildman–Crippen LogP) is 1.74. The van der Waals surface area contributed by atoms with E-state index in [2.05, 4.69) is 13.8 Å². The lowest BCUT2D eigenvalue weighted by atomic mass is 10.2. The Morgan fingerprint density at radius 1 is 1.50 bits per heavy atom. The normalized spacial score (nSPS) is 18.1. The van der Waals surface area contributed by atoms with E-state index < -0.39 is 0 Å². The second kappa shape index (κ2) is 3.48. The Labute approximate surface area is 84.3 Å². The van der Waals surface area contributed by atoms with E-state index in [0.29, 0.717) is 6.04 Å². The minimum absolute atomic E-state index is 0.176. The van der Waals surface area contributed by atoms with Gasteiger partial charge in [0.1, 0.15) is 5.69 Å². The smallest absolute Gasteiger partial charge is 0.270 e. The van der Waals surface area contributed by atoms with Crippen LogP contribution in [-0.4, -0.2) is 28.0 Å². The van der Waals surface area contributed by atoms with Crippen LogP contribution in [0.15, 0.2) is 18.3 Å². The summed E-state index contributed by atoms with van der Waals surface area (Å²) in [5.74, 6) is 0.176. The molecule has 76 valence electrons. The highest BCUT2D eigenvalue weighted by atomic mass is 16.2. The van der Waals surface area contributed by atoms with E-state index in [1.165, 1.54) is 0 Å². The number of rotatable bonds is 2. The van der Waals surface area contributed by atoms with Gasteiger partial charge in [-0.3, -0.25) is 4.79 Å². The van der Waals surface area contributed by atoms with Crippen molar-refractivity contribution in [3.05, 3.63) is 24.0 Å². The zero-order valence-corrected chi connectivity index (χ0v) is 8.73. The molecular weight excluding hydrogens is 176 g/mol. The van der Waals surface area contributed by atoms with Crippen LogP contribution in [-0.2, 0) is 6.54 Å². The quantitative estimate of drug-likeness (QED) is 0.700. The molecule has 0 radical (unpaired) electrons. The lowest BCUT2D eigenvalue weighted by molar-refractivity contribution is 0.0630. The van der Waals surface area contributed by atoms with E-state index in [4.69, 9.17) is 0 Å². The van der Waals surface area contributed by atoms with Crippen molar-refractivity contribution in [1.29, 1.82) is 0 Å². The number of carbonyl (C=O) groups excluding carboxylic acids is 1. The van der Waals surface area contributed by atoms with Gasteiger partial charge < -0.3 is 9.47 Å². The topological polar surface area (TPSA) is 25.2 Å². The molecule has 1 atom stereocenters. The van der Waals surface area contributed by atoms with Gasteiger partial charge in [0.2, 0.25) is 0 Å². The first-order valence-electron chi connectivity index (χ1n) is 5.20. The number of carbonyl (C=O) groups is 1. The van der Waals surface area contributed by atoms with Gasteiger partial charge in [0.25, 0.3) is 5.91 Å². The average Bonchev–Trinajstić information content (AvgIpc) is 2.66. The first-order chi connectivity index (χ1) is 6.74. The molecule has 14 heavy (non-hydrogen) atoms. The van der Waals surface area contributed by atoms with Gasteiger partial charge in [-0.05, 0) is 25.5 Å². The Bertz CT molecular complexity index is 343. The van der Waals surface area contributed by atoms with Gasteiger partial charge in [0.05, 0.1) is 0 Å². The highest BCUT2D eigenvalue weighted by molar-refractivity contribution is 5.93. The summed E-state index contributed by atoms with van der Waals surface area (Å²) in [5.41, 5.74) is 0.830. The molecule has 2 heterocycles. The summed E-state index contributed by atoms with van der Waals surface area (Å²) in [7, 11) is 0. The van der Waals surface area contributed by atoms with Crippen molar-refractivity contribution in [2.45, 2.75) is 32.9 Å². The van der Waals surface area contributed by atoms with Crippen LogP contribution in [0.3, 0.4) is 0 Å². The van der Waals surface area contributed by atoms with E-state index in [9.17, 15) is 4.79 Å². The molecule has 0 aliphatic carbocycles. The molecule has 3 nitrogen and oxygen atoms in total. The van der Waals surface area contributed by atoms with Crippen LogP contribution >= 0.6 is 0 Å². The molecule has 0 fully saturated rings. The van der Waals surface area contributed by atoms with Crippen LogP contribution in [0.25, 0.3) is 0 Å². The largest absolute Gasteiger partial charge is 0.342 e. The van der Waals surface area contributed by atoms with Gasteiger partial charge in [-0.2, -0.15) is 0 Å². The molecule has 1 aromatic heterocycles. The first kappa shape index (κ1) is 9.31. The van der Waals surface area contributed by atoms with Crippen LogP contribution in [0.2, 0.25) is 0 Å². The molecular formula is C11H16N2O. The van der Waals surface area contributed by atoms with E-state index in [-0.39, 0.29) is 5.91 Å². The summed E-state index contributed by atoms with van der Waals surface area (Å²) in [6.07, 6.45) is 2.99. The molecule has 1 amide bonds. The highest BCUT2D eigenvalue weighted by Gasteiger charge is 2.26. The van der Waals surface area contributed by atoms with Crippen LogP contribution in [0, 0.1) is 0 Å². The molecule has 1 aliphatic rings. The SMILES string of the molecule is CCC(C)N1CCn2cccc2C1=O. The summed E-state index contributed by atoms with van der Waals surface area (Å²) >= 11 is 0. The third kappa shape index (κ3) is 1.33. The fourth-order valence-corrected chi connectivity index (χ4v) is 1.91. The third-order valence-electron chi connectivity index (χ3n) is 3.01. The van der Waals surface area contributed by atoms with Gasteiger partial charge in [0, 0.05) is 25.3 Å². The maximum absolute atomic E-state index is 12.0.